The van der Waals surface area contributed by atoms with Gasteiger partial charge in [0.15, 0.2) is 0 Å². The molecule has 0 aliphatic carbocycles. The van der Waals surface area contributed by atoms with Crippen molar-refractivity contribution in [3.05, 3.63) is 52.8 Å². The number of nitrogens with one attached hydrogen (secondary N) is 2. The number of carbonyl (C=O) groups is 1. The van der Waals surface area contributed by atoms with E-state index in [9.17, 15) is 9.90 Å². The molecule has 1 aromatic heterocycles. The van der Waals surface area contributed by atoms with Crippen LogP contribution in [0.1, 0.15) is 49.4 Å². The molecule has 1 aromatic carbocycles. The van der Waals surface area contributed by atoms with Crippen LogP contribution in [0.15, 0.2) is 30.3 Å². The average Bonchev–Trinajstić information content (AvgIpc) is 2.89. The second-order valence-electron chi connectivity index (χ2n) is 6.91. The van der Waals surface area contributed by atoms with Crippen LogP contribution in [-0.4, -0.2) is 27.8 Å². The number of aromatic amines is 1. The van der Waals surface area contributed by atoms with Gasteiger partial charge in [0.25, 0.3) is 0 Å². The predicted octanol–water partition coefficient (Wildman–Crippen LogP) is 2.41. The minimum Gasteiger partial charge on any atom is -0.387 e. The van der Waals surface area contributed by atoms with Gasteiger partial charge in [0.05, 0.1) is 18.2 Å². The first kappa shape index (κ1) is 17.2. The quantitative estimate of drug-likeness (QED) is 0.793. The highest BCUT2D eigenvalue weighted by atomic mass is 16.3. The number of aryl methyl sites for hydroxylation is 1. The molecule has 0 bridgehead atoms. The van der Waals surface area contributed by atoms with E-state index in [2.05, 4.69) is 36.3 Å². The second-order valence-corrected chi connectivity index (χ2v) is 6.91. The van der Waals surface area contributed by atoms with Crippen molar-refractivity contribution >= 4 is 5.91 Å². The van der Waals surface area contributed by atoms with Gasteiger partial charge >= 0.3 is 0 Å². The second kappa shape index (κ2) is 6.96. The number of aliphatic hydroxyl groups is 1. The van der Waals surface area contributed by atoms with E-state index in [0.29, 0.717) is 5.69 Å². The Morgan fingerprint density at radius 1 is 1.30 bits per heavy atom. The van der Waals surface area contributed by atoms with Crippen molar-refractivity contribution in [2.24, 2.45) is 0 Å². The fourth-order valence-corrected chi connectivity index (χ4v) is 2.33. The van der Waals surface area contributed by atoms with Crippen LogP contribution in [0, 0.1) is 6.92 Å². The number of hydrogen-bond donors (Lipinski definition) is 3. The lowest BCUT2D eigenvalue weighted by Crippen LogP contribution is -2.29. The van der Waals surface area contributed by atoms with Gasteiger partial charge in [-0.15, -0.1) is 0 Å². The molecule has 2 rings (SSSR count). The Morgan fingerprint density at radius 3 is 2.48 bits per heavy atom. The van der Waals surface area contributed by atoms with E-state index >= 15 is 0 Å². The van der Waals surface area contributed by atoms with Crippen LogP contribution < -0.4 is 5.32 Å². The molecule has 0 aliphatic heterocycles. The van der Waals surface area contributed by atoms with Crippen molar-refractivity contribution in [3.8, 4) is 0 Å². The van der Waals surface area contributed by atoms with Gasteiger partial charge in [-0.1, -0.05) is 45.0 Å². The number of nitrogens with zero attached hydrogens (tertiary/aromatic N) is 1. The zero-order chi connectivity index (χ0) is 17.0. The van der Waals surface area contributed by atoms with Crippen LogP contribution in [0.5, 0.6) is 0 Å². The first-order chi connectivity index (χ1) is 10.8. The van der Waals surface area contributed by atoms with E-state index in [4.69, 9.17) is 0 Å². The van der Waals surface area contributed by atoms with Gasteiger partial charge in [0.2, 0.25) is 5.91 Å². The molecular formula is C18H25N3O2. The van der Waals surface area contributed by atoms with Crippen LogP contribution >= 0.6 is 0 Å². The maximum Gasteiger partial charge on any atom is 0.226 e. The summed E-state index contributed by atoms with van der Waals surface area (Å²) >= 11 is 0. The Kier molecular flexibility index (Phi) is 5.21. The summed E-state index contributed by atoms with van der Waals surface area (Å²) in [4.78, 5) is 11.9. The van der Waals surface area contributed by atoms with Crippen molar-refractivity contribution in [1.82, 2.24) is 15.5 Å². The summed E-state index contributed by atoms with van der Waals surface area (Å²) in [6, 6.07) is 9.70. The molecule has 3 N–H and O–H groups in total. The molecule has 124 valence electrons. The summed E-state index contributed by atoms with van der Waals surface area (Å²) < 4.78 is 0. The number of carbonyl (C=O) groups excluding carboxylic acids is 1. The molecular weight excluding hydrogens is 290 g/mol. The predicted molar refractivity (Wildman–Crippen MR) is 90.1 cm³/mol. The summed E-state index contributed by atoms with van der Waals surface area (Å²) in [7, 11) is 0. The first-order valence-corrected chi connectivity index (χ1v) is 7.82. The highest BCUT2D eigenvalue weighted by Gasteiger charge is 2.15. The van der Waals surface area contributed by atoms with Gasteiger partial charge in [-0.2, -0.15) is 5.10 Å². The van der Waals surface area contributed by atoms with Crippen molar-refractivity contribution in [1.29, 1.82) is 0 Å². The first-order valence-electron chi connectivity index (χ1n) is 7.82. The maximum atomic E-state index is 11.9. The molecule has 1 atom stereocenters. The van der Waals surface area contributed by atoms with Gasteiger partial charge in [-0.3, -0.25) is 9.89 Å². The van der Waals surface area contributed by atoms with Gasteiger partial charge in [0.1, 0.15) is 0 Å². The van der Waals surface area contributed by atoms with Crippen LogP contribution in [-0.2, 0) is 16.6 Å². The highest BCUT2D eigenvalue weighted by molar-refractivity contribution is 5.78. The van der Waals surface area contributed by atoms with Crippen molar-refractivity contribution in [2.75, 3.05) is 6.54 Å². The van der Waals surface area contributed by atoms with Crippen molar-refractivity contribution in [3.63, 3.8) is 0 Å². The number of rotatable bonds is 5. The van der Waals surface area contributed by atoms with E-state index in [1.54, 1.807) is 0 Å². The fourth-order valence-electron chi connectivity index (χ4n) is 2.33. The zero-order valence-electron chi connectivity index (χ0n) is 14.2. The van der Waals surface area contributed by atoms with Gasteiger partial charge in [0, 0.05) is 12.2 Å². The molecule has 23 heavy (non-hydrogen) atoms. The number of hydrogen-bond acceptors (Lipinski definition) is 3. The average molecular weight is 315 g/mol. The third-order valence-corrected chi connectivity index (χ3v) is 3.75. The van der Waals surface area contributed by atoms with E-state index in [1.807, 2.05) is 37.3 Å². The van der Waals surface area contributed by atoms with E-state index in [0.717, 1.165) is 11.3 Å². The lowest BCUT2D eigenvalue weighted by molar-refractivity contribution is -0.120. The smallest absolute Gasteiger partial charge is 0.226 e. The lowest BCUT2D eigenvalue weighted by Gasteiger charge is -2.20. The van der Waals surface area contributed by atoms with Crippen molar-refractivity contribution in [2.45, 2.75) is 45.6 Å². The van der Waals surface area contributed by atoms with Crippen LogP contribution in [0.2, 0.25) is 0 Å². The summed E-state index contributed by atoms with van der Waals surface area (Å²) in [5.74, 6) is -0.151. The third kappa shape index (κ3) is 4.93. The SMILES string of the molecule is Cc1cc(CC(=O)NC[C@H](O)c2ccc(C(C)(C)C)cc2)n[nH]1. The molecule has 0 spiro atoms. The monoisotopic (exact) mass is 315 g/mol. The topological polar surface area (TPSA) is 78.0 Å². The summed E-state index contributed by atoms with van der Waals surface area (Å²) in [5, 5.41) is 19.8. The molecule has 0 saturated carbocycles. The molecule has 1 amide bonds. The van der Waals surface area contributed by atoms with Crippen LogP contribution in [0.3, 0.4) is 0 Å². The molecule has 5 nitrogen and oxygen atoms in total. The summed E-state index contributed by atoms with van der Waals surface area (Å²) in [5.41, 5.74) is 3.72. The lowest BCUT2D eigenvalue weighted by atomic mass is 9.86. The van der Waals surface area contributed by atoms with Crippen LogP contribution in [0.4, 0.5) is 0 Å². The molecule has 2 aromatic rings. The number of H-pyrrole nitrogens is 1. The molecule has 0 aliphatic rings. The summed E-state index contributed by atoms with van der Waals surface area (Å²) in [6.45, 7) is 8.52. The molecule has 0 saturated heterocycles. The normalized spacial score (nSPS) is 12.9. The Hall–Kier alpha value is -2.14. The number of amides is 1. The third-order valence-electron chi connectivity index (χ3n) is 3.75. The standard InChI is InChI=1S/C18H25N3O2/c1-12-9-15(21-20-12)10-17(23)19-11-16(22)13-5-7-14(8-6-13)18(2,3)4/h5-9,16,22H,10-11H2,1-4H3,(H,19,23)(H,20,21)/t16-/m0/s1. The fraction of sp³-hybridized carbons (Fsp3) is 0.444. The zero-order valence-corrected chi connectivity index (χ0v) is 14.2. The Balaban J connectivity index is 1.86. The molecule has 5 heteroatoms. The Morgan fingerprint density at radius 2 is 1.96 bits per heavy atom. The van der Waals surface area contributed by atoms with Gasteiger partial charge in [-0.05, 0) is 29.5 Å². The molecule has 1 heterocycles. The maximum absolute atomic E-state index is 11.9. The largest absolute Gasteiger partial charge is 0.387 e. The molecule has 0 fully saturated rings. The van der Waals surface area contributed by atoms with Gasteiger partial charge < -0.3 is 10.4 Å². The minimum absolute atomic E-state index is 0.0827. The van der Waals surface area contributed by atoms with E-state index < -0.39 is 6.10 Å². The number of aromatic nitrogens is 2. The van der Waals surface area contributed by atoms with Crippen molar-refractivity contribution < 1.29 is 9.90 Å². The Labute approximate surface area is 137 Å². The van der Waals surface area contributed by atoms with Crippen LogP contribution in [0.25, 0.3) is 0 Å². The molecule has 0 radical (unpaired) electrons. The number of aliphatic hydroxyl groups excluding tert-OH is 1. The van der Waals surface area contributed by atoms with E-state index in [1.165, 1.54) is 5.56 Å². The summed E-state index contributed by atoms with van der Waals surface area (Å²) in [6.07, 6.45) is -0.506. The minimum atomic E-state index is -0.714. The molecule has 0 unspecified atom stereocenters. The highest BCUT2D eigenvalue weighted by Crippen LogP contribution is 2.23. The van der Waals surface area contributed by atoms with Gasteiger partial charge in [-0.25, -0.2) is 0 Å². The number of benzene rings is 1. The Bertz CT molecular complexity index is 654. The van der Waals surface area contributed by atoms with E-state index in [-0.39, 0.29) is 24.3 Å².